The first-order valence-corrected chi connectivity index (χ1v) is 23.8. The normalized spacial score (nSPS) is 12.8. The van der Waals surface area contributed by atoms with Crippen LogP contribution in [0.25, 0.3) is 87.6 Å². The molecule has 1 aliphatic rings. The van der Waals surface area contributed by atoms with E-state index in [9.17, 15) is 0 Å². The average Bonchev–Trinajstić information content (AvgIpc) is 3.95. The quantitative estimate of drug-likeness (QED) is 0.159. The fourth-order valence-electron chi connectivity index (χ4n) is 11.7. The van der Waals surface area contributed by atoms with Crippen molar-refractivity contribution in [2.75, 3.05) is 4.90 Å². The molecule has 0 saturated heterocycles. The highest BCUT2D eigenvalue weighted by Gasteiger charge is 2.46. The smallest absolute Gasteiger partial charge is 0.143 e. The first kappa shape index (κ1) is 39.2. The second kappa shape index (κ2) is 15.6. The molecule has 0 fully saturated rings. The van der Waals surface area contributed by atoms with Crippen LogP contribution in [0.15, 0.2) is 265 Å². The van der Waals surface area contributed by atoms with Gasteiger partial charge in [-0.3, -0.25) is 0 Å². The van der Waals surface area contributed by atoms with E-state index in [2.05, 4.69) is 266 Å². The van der Waals surface area contributed by atoms with E-state index in [0.717, 1.165) is 55.3 Å². The van der Waals surface area contributed by atoms with Gasteiger partial charge in [-0.05, 0) is 131 Å². The Morgan fingerprint density at radius 3 is 1.55 bits per heavy atom. The number of furan rings is 1. The van der Waals surface area contributed by atoms with Crippen molar-refractivity contribution in [3.8, 4) is 33.4 Å². The largest absolute Gasteiger partial charge is 0.455 e. The van der Waals surface area contributed by atoms with Crippen molar-refractivity contribution in [2.24, 2.45) is 0 Å². The number of fused-ring (bicyclic) bond motifs is 10. The van der Waals surface area contributed by atoms with E-state index in [4.69, 9.17) is 4.42 Å². The first-order chi connectivity index (χ1) is 34.2. The molecule has 0 N–H and O–H groups in total. The summed E-state index contributed by atoms with van der Waals surface area (Å²) in [5, 5.41) is 9.18. The molecule has 1 aliphatic carbocycles. The standard InChI is InChI=1S/C67H43NO/c1-3-22-49(23-4-1)67(50-24-5-2-6-25-50)61-31-16-15-29-56(61)57-39-36-48(42-62(57)67)53-26-11-12-27-54(53)59-43-60-65-63(32-17-33-64(65)69-66(60)58-30-14-13-28-55(58)59)68(51-37-34-44-18-7-9-20-46(44)40-51)52-38-35-45-19-8-10-21-47(45)41-52/h1-43H. The first-order valence-electron chi connectivity index (χ1n) is 23.8. The maximum absolute atomic E-state index is 7.04. The Labute approximate surface area is 400 Å². The van der Waals surface area contributed by atoms with Gasteiger partial charge in [0.1, 0.15) is 11.2 Å². The molecule has 12 aromatic carbocycles. The average molecular weight is 878 g/mol. The summed E-state index contributed by atoms with van der Waals surface area (Å²) in [7, 11) is 0. The van der Waals surface area contributed by atoms with Gasteiger partial charge in [0.25, 0.3) is 0 Å². The molecule has 69 heavy (non-hydrogen) atoms. The SMILES string of the molecule is c1ccc(C2(c3ccccc3)c3ccccc3-c3ccc(-c4ccccc4-c4cc5c(oc6cccc(N(c7ccc8ccccc8c7)c7ccc8ccccc8c7)c65)c5ccccc45)cc32)cc1. The summed E-state index contributed by atoms with van der Waals surface area (Å²) >= 11 is 0. The Hall–Kier alpha value is -8.98. The van der Waals surface area contributed by atoms with Crippen LogP contribution in [0.4, 0.5) is 17.1 Å². The molecule has 1 heterocycles. The highest BCUT2D eigenvalue weighted by Crippen LogP contribution is 2.57. The van der Waals surface area contributed by atoms with Crippen LogP contribution < -0.4 is 4.90 Å². The molecule has 2 nitrogen and oxygen atoms in total. The van der Waals surface area contributed by atoms with Crippen molar-refractivity contribution in [3.63, 3.8) is 0 Å². The molecule has 14 rings (SSSR count). The minimum absolute atomic E-state index is 0.501. The third-order valence-electron chi connectivity index (χ3n) is 14.7. The molecular formula is C67H43NO. The Morgan fingerprint density at radius 1 is 0.319 bits per heavy atom. The maximum Gasteiger partial charge on any atom is 0.143 e. The molecule has 0 amide bonds. The van der Waals surface area contributed by atoms with Gasteiger partial charge in [-0.1, -0.05) is 212 Å². The number of anilines is 3. The lowest BCUT2D eigenvalue weighted by atomic mass is 9.67. The zero-order valence-electron chi connectivity index (χ0n) is 37.7. The van der Waals surface area contributed by atoms with Gasteiger partial charge in [0.2, 0.25) is 0 Å². The molecule has 0 atom stereocenters. The van der Waals surface area contributed by atoms with Gasteiger partial charge in [-0.25, -0.2) is 0 Å². The van der Waals surface area contributed by atoms with E-state index in [1.54, 1.807) is 0 Å². The van der Waals surface area contributed by atoms with Crippen LogP contribution in [-0.2, 0) is 5.41 Å². The van der Waals surface area contributed by atoms with Crippen molar-refractivity contribution in [1.29, 1.82) is 0 Å². The van der Waals surface area contributed by atoms with Gasteiger partial charge in [-0.2, -0.15) is 0 Å². The van der Waals surface area contributed by atoms with E-state index in [1.165, 1.54) is 71.6 Å². The lowest BCUT2D eigenvalue weighted by Gasteiger charge is -2.34. The van der Waals surface area contributed by atoms with Gasteiger partial charge in [0.15, 0.2) is 0 Å². The van der Waals surface area contributed by atoms with Crippen LogP contribution in [0.5, 0.6) is 0 Å². The summed E-state index contributed by atoms with van der Waals surface area (Å²) in [6.07, 6.45) is 0. The number of hydrogen-bond donors (Lipinski definition) is 0. The minimum Gasteiger partial charge on any atom is -0.455 e. The molecule has 0 spiro atoms. The second-order valence-electron chi connectivity index (χ2n) is 18.3. The molecule has 322 valence electrons. The third-order valence-corrected chi connectivity index (χ3v) is 14.7. The molecule has 13 aromatic rings. The van der Waals surface area contributed by atoms with Gasteiger partial charge >= 0.3 is 0 Å². The van der Waals surface area contributed by atoms with Crippen LogP contribution >= 0.6 is 0 Å². The Morgan fingerprint density at radius 2 is 0.870 bits per heavy atom. The predicted octanol–water partition coefficient (Wildman–Crippen LogP) is 18.2. The molecular weight excluding hydrogens is 835 g/mol. The Balaban J connectivity index is 1.01. The molecule has 1 aromatic heterocycles. The zero-order valence-corrected chi connectivity index (χ0v) is 37.7. The van der Waals surface area contributed by atoms with E-state index in [1.807, 2.05) is 0 Å². The van der Waals surface area contributed by atoms with Gasteiger partial charge in [-0.15, -0.1) is 0 Å². The Bertz CT molecular complexity index is 4030. The van der Waals surface area contributed by atoms with Crippen molar-refractivity contribution < 1.29 is 4.42 Å². The summed E-state index contributed by atoms with van der Waals surface area (Å²) in [5.41, 5.74) is 16.8. The molecule has 0 unspecified atom stereocenters. The van der Waals surface area contributed by atoms with Gasteiger partial charge in [0, 0.05) is 22.1 Å². The highest BCUT2D eigenvalue weighted by atomic mass is 16.3. The predicted molar refractivity (Wildman–Crippen MR) is 289 cm³/mol. The number of hydrogen-bond acceptors (Lipinski definition) is 2. The van der Waals surface area contributed by atoms with Crippen LogP contribution in [0.3, 0.4) is 0 Å². The van der Waals surface area contributed by atoms with Crippen molar-refractivity contribution in [2.45, 2.75) is 5.41 Å². The lowest BCUT2D eigenvalue weighted by Crippen LogP contribution is -2.28. The van der Waals surface area contributed by atoms with E-state index in [-0.39, 0.29) is 0 Å². The van der Waals surface area contributed by atoms with Gasteiger partial charge in [0.05, 0.1) is 16.5 Å². The summed E-state index contributed by atoms with van der Waals surface area (Å²) in [6, 6.07) is 95.7. The summed E-state index contributed by atoms with van der Waals surface area (Å²) < 4.78 is 7.04. The number of rotatable bonds is 7. The summed E-state index contributed by atoms with van der Waals surface area (Å²) in [4.78, 5) is 2.41. The van der Waals surface area contributed by atoms with Crippen molar-refractivity contribution >= 4 is 71.3 Å². The van der Waals surface area contributed by atoms with E-state index < -0.39 is 5.41 Å². The molecule has 0 saturated carbocycles. The van der Waals surface area contributed by atoms with Crippen LogP contribution in [0, 0.1) is 0 Å². The number of benzene rings is 12. The van der Waals surface area contributed by atoms with Gasteiger partial charge < -0.3 is 9.32 Å². The lowest BCUT2D eigenvalue weighted by molar-refractivity contribution is 0.672. The summed E-state index contributed by atoms with van der Waals surface area (Å²) in [6.45, 7) is 0. The van der Waals surface area contributed by atoms with Crippen LogP contribution in [0.2, 0.25) is 0 Å². The van der Waals surface area contributed by atoms with Crippen LogP contribution in [0.1, 0.15) is 22.3 Å². The number of nitrogens with zero attached hydrogens (tertiary/aromatic N) is 1. The van der Waals surface area contributed by atoms with E-state index >= 15 is 0 Å². The molecule has 0 radical (unpaired) electrons. The van der Waals surface area contributed by atoms with Crippen molar-refractivity contribution in [3.05, 3.63) is 283 Å². The van der Waals surface area contributed by atoms with E-state index in [0.29, 0.717) is 0 Å². The fourth-order valence-corrected chi connectivity index (χ4v) is 11.7. The maximum atomic E-state index is 7.04. The Kier molecular flexibility index (Phi) is 8.84. The third kappa shape index (κ3) is 5.99. The van der Waals surface area contributed by atoms with Crippen molar-refractivity contribution in [1.82, 2.24) is 0 Å². The second-order valence-corrected chi connectivity index (χ2v) is 18.3. The minimum atomic E-state index is -0.501. The molecule has 2 heteroatoms. The highest BCUT2D eigenvalue weighted by molar-refractivity contribution is 6.23. The molecule has 0 bridgehead atoms. The zero-order chi connectivity index (χ0) is 45.5. The fraction of sp³-hybridized carbons (Fsp3) is 0.0149. The van der Waals surface area contributed by atoms with Crippen LogP contribution in [-0.4, -0.2) is 0 Å². The summed E-state index contributed by atoms with van der Waals surface area (Å²) in [5.74, 6) is 0. The monoisotopic (exact) mass is 877 g/mol. The molecule has 0 aliphatic heterocycles. The topological polar surface area (TPSA) is 16.4 Å².